The first-order valence-corrected chi connectivity index (χ1v) is 8.88. The number of hydrogen-bond acceptors (Lipinski definition) is 4. The molecule has 0 heterocycles. The van der Waals surface area contributed by atoms with Gasteiger partial charge >= 0.3 is 0 Å². The quantitative estimate of drug-likeness (QED) is 0.471. The third-order valence-corrected chi connectivity index (χ3v) is 4.51. The Hall–Kier alpha value is -2.66. The molecule has 0 amide bonds. The Bertz CT molecular complexity index is 896. The molecule has 0 aliphatic carbocycles. The van der Waals surface area contributed by atoms with Crippen LogP contribution in [0.1, 0.15) is 11.1 Å². The summed E-state index contributed by atoms with van der Waals surface area (Å²) in [5.74, 6) is 0. The number of anilines is 1. The molecule has 0 unspecified atom stereocenters. The minimum absolute atomic E-state index is 0.0690. The molecule has 7 heteroatoms. The van der Waals surface area contributed by atoms with Crippen LogP contribution in [0, 0.1) is 6.57 Å². The van der Waals surface area contributed by atoms with Crippen LogP contribution in [0.5, 0.6) is 0 Å². The van der Waals surface area contributed by atoms with Crippen molar-refractivity contribution in [2.24, 2.45) is 0 Å². The van der Waals surface area contributed by atoms with Crippen LogP contribution in [0.3, 0.4) is 0 Å². The van der Waals surface area contributed by atoms with E-state index in [-0.39, 0.29) is 11.5 Å². The Balaban J connectivity index is 2.27. The monoisotopic (exact) mass is 358 g/mol. The standard InChI is InChI=1S/C18H18N2O4S/c1-19-18(15-5-9-17(10-6-15)25(22,23)24)13-14-3-7-16(8-4-14)20(2)11-12-21/h3-10,13,21H,11-12H2,2H3,(H,22,23,24)/b18-13-. The topological polar surface area (TPSA) is 82.2 Å². The second-order valence-corrected chi connectivity index (χ2v) is 6.80. The van der Waals surface area contributed by atoms with E-state index < -0.39 is 10.1 Å². The highest BCUT2D eigenvalue weighted by atomic mass is 32.2. The molecule has 0 saturated carbocycles. The predicted molar refractivity (Wildman–Crippen MR) is 97.5 cm³/mol. The second-order valence-electron chi connectivity index (χ2n) is 5.38. The Morgan fingerprint density at radius 3 is 2.24 bits per heavy atom. The van der Waals surface area contributed by atoms with Gasteiger partial charge in [-0.25, -0.2) is 4.85 Å². The molecule has 2 aromatic rings. The van der Waals surface area contributed by atoms with Crippen LogP contribution < -0.4 is 4.90 Å². The van der Waals surface area contributed by atoms with Crippen LogP contribution in [-0.2, 0) is 10.1 Å². The molecular formula is C18H18N2O4S. The first kappa shape index (κ1) is 18.7. The Morgan fingerprint density at radius 1 is 1.16 bits per heavy atom. The van der Waals surface area contributed by atoms with Gasteiger partial charge in [-0.15, -0.1) is 0 Å². The van der Waals surface area contributed by atoms with Gasteiger partial charge in [-0.05, 0) is 41.5 Å². The molecule has 0 saturated heterocycles. The van der Waals surface area contributed by atoms with Gasteiger partial charge in [-0.2, -0.15) is 8.42 Å². The molecular weight excluding hydrogens is 340 g/mol. The van der Waals surface area contributed by atoms with Crippen LogP contribution in [0.2, 0.25) is 0 Å². The van der Waals surface area contributed by atoms with Gasteiger partial charge in [0, 0.05) is 19.3 Å². The first-order valence-electron chi connectivity index (χ1n) is 7.44. The van der Waals surface area contributed by atoms with Crippen LogP contribution in [0.4, 0.5) is 5.69 Å². The summed E-state index contributed by atoms with van der Waals surface area (Å²) in [6.45, 7) is 7.94. The number of aliphatic hydroxyl groups excluding tert-OH is 1. The first-order chi connectivity index (χ1) is 11.8. The van der Waals surface area contributed by atoms with E-state index in [0.29, 0.717) is 17.8 Å². The van der Waals surface area contributed by atoms with E-state index in [1.165, 1.54) is 24.3 Å². The molecule has 0 aromatic heterocycles. The fourth-order valence-corrected chi connectivity index (χ4v) is 2.72. The van der Waals surface area contributed by atoms with E-state index in [0.717, 1.165) is 11.3 Å². The highest BCUT2D eigenvalue weighted by Gasteiger charge is 2.10. The zero-order valence-electron chi connectivity index (χ0n) is 13.6. The molecule has 0 aliphatic rings. The van der Waals surface area contributed by atoms with E-state index in [1.54, 1.807) is 6.08 Å². The van der Waals surface area contributed by atoms with Gasteiger partial charge in [-0.1, -0.05) is 24.3 Å². The van der Waals surface area contributed by atoms with Gasteiger partial charge in [0.25, 0.3) is 10.1 Å². The summed E-state index contributed by atoms with van der Waals surface area (Å²) in [6, 6.07) is 13.0. The van der Waals surface area contributed by atoms with E-state index >= 15 is 0 Å². The number of hydrogen-bond donors (Lipinski definition) is 2. The van der Waals surface area contributed by atoms with Crippen molar-refractivity contribution in [2.45, 2.75) is 4.90 Å². The van der Waals surface area contributed by atoms with E-state index in [2.05, 4.69) is 4.85 Å². The zero-order chi connectivity index (χ0) is 18.4. The third-order valence-electron chi connectivity index (χ3n) is 3.64. The number of aliphatic hydroxyl groups is 1. The summed E-state index contributed by atoms with van der Waals surface area (Å²) >= 11 is 0. The van der Waals surface area contributed by atoms with Crippen molar-refractivity contribution in [1.82, 2.24) is 0 Å². The molecule has 2 aromatic carbocycles. The van der Waals surface area contributed by atoms with Crippen molar-refractivity contribution < 1.29 is 18.1 Å². The maximum absolute atomic E-state index is 11.1. The summed E-state index contributed by atoms with van der Waals surface area (Å²) < 4.78 is 31.1. The molecule has 6 nitrogen and oxygen atoms in total. The maximum atomic E-state index is 11.1. The van der Waals surface area contributed by atoms with Gasteiger partial charge < -0.3 is 10.0 Å². The van der Waals surface area contributed by atoms with Crippen molar-refractivity contribution in [2.75, 3.05) is 25.1 Å². The highest BCUT2D eigenvalue weighted by molar-refractivity contribution is 7.85. The van der Waals surface area contributed by atoms with E-state index in [4.69, 9.17) is 16.2 Å². The molecule has 0 radical (unpaired) electrons. The summed E-state index contributed by atoms with van der Waals surface area (Å²) in [4.78, 5) is 5.19. The number of rotatable bonds is 6. The second kappa shape index (κ2) is 7.94. The average molecular weight is 358 g/mol. The van der Waals surface area contributed by atoms with Crippen molar-refractivity contribution in [3.63, 3.8) is 0 Å². The minimum Gasteiger partial charge on any atom is -0.395 e. The molecule has 0 aliphatic heterocycles. The van der Waals surface area contributed by atoms with Gasteiger partial charge in [0.2, 0.25) is 0 Å². The minimum atomic E-state index is -4.25. The van der Waals surface area contributed by atoms with Gasteiger partial charge in [-0.3, -0.25) is 4.55 Å². The van der Waals surface area contributed by atoms with Crippen LogP contribution >= 0.6 is 0 Å². The number of nitrogens with zero attached hydrogens (tertiary/aromatic N) is 2. The summed E-state index contributed by atoms with van der Waals surface area (Å²) in [7, 11) is -2.37. The molecule has 0 fully saturated rings. The molecule has 2 N–H and O–H groups in total. The lowest BCUT2D eigenvalue weighted by molar-refractivity contribution is 0.304. The Kier molecular flexibility index (Phi) is 5.93. The van der Waals surface area contributed by atoms with Crippen molar-refractivity contribution >= 4 is 27.6 Å². The lowest BCUT2D eigenvalue weighted by Crippen LogP contribution is -2.20. The highest BCUT2D eigenvalue weighted by Crippen LogP contribution is 2.23. The van der Waals surface area contributed by atoms with Crippen LogP contribution in [0.15, 0.2) is 53.4 Å². The van der Waals surface area contributed by atoms with Gasteiger partial charge in [0.15, 0.2) is 5.70 Å². The van der Waals surface area contributed by atoms with E-state index in [9.17, 15) is 8.42 Å². The molecule has 25 heavy (non-hydrogen) atoms. The van der Waals surface area contributed by atoms with Crippen LogP contribution in [0.25, 0.3) is 16.6 Å². The average Bonchev–Trinajstić information content (AvgIpc) is 2.60. The molecule has 0 atom stereocenters. The fraction of sp³-hybridized carbons (Fsp3) is 0.167. The predicted octanol–water partition coefficient (Wildman–Crippen LogP) is 2.78. The number of benzene rings is 2. The van der Waals surface area contributed by atoms with Crippen molar-refractivity contribution in [3.05, 3.63) is 71.1 Å². The zero-order valence-corrected chi connectivity index (χ0v) is 14.4. The Morgan fingerprint density at radius 2 is 1.76 bits per heavy atom. The molecule has 130 valence electrons. The fourth-order valence-electron chi connectivity index (χ4n) is 2.24. The third kappa shape index (κ3) is 4.90. The SMILES string of the molecule is [C-]#[N+]/C(=C\c1ccc(N(C)CCO)cc1)c1ccc(S(=O)(=O)O)cc1. The number of likely N-dealkylation sites (N-methyl/N-ethyl adjacent to an activating group) is 1. The summed E-state index contributed by atoms with van der Waals surface area (Å²) in [5.41, 5.74) is 2.70. The van der Waals surface area contributed by atoms with E-state index in [1.807, 2.05) is 36.2 Å². The summed E-state index contributed by atoms with van der Waals surface area (Å²) in [6.07, 6.45) is 1.70. The summed E-state index contributed by atoms with van der Waals surface area (Å²) in [5, 5.41) is 8.96. The lowest BCUT2D eigenvalue weighted by atomic mass is 10.1. The van der Waals surface area contributed by atoms with Gasteiger partial charge in [0.05, 0.1) is 18.1 Å². The molecule has 0 spiro atoms. The van der Waals surface area contributed by atoms with Crippen molar-refractivity contribution in [3.8, 4) is 0 Å². The normalized spacial score (nSPS) is 11.8. The largest absolute Gasteiger partial charge is 0.395 e. The Labute approximate surface area is 147 Å². The maximum Gasteiger partial charge on any atom is 0.294 e. The molecule has 0 bridgehead atoms. The molecule has 2 rings (SSSR count). The lowest BCUT2D eigenvalue weighted by Gasteiger charge is -2.17. The van der Waals surface area contributed by atoms with Crippen LogP contribution in [-0.4, -0.2) is 38.3 Å². The smallest absolute Gasteiger partial charge is 0.294 e. The van der Waals surface area contributed by atoms with Gasteiger partial charge in [0.1, 0.15) is 0 Å². The van der Waals surface area contributed by atoms with Crippen molar-refractivity contribution in [1.29, 1.82) is 0 Å².